The summed E-state index contributed by atoms with van der Waals surface area (Å²) in [5, 5.41) is 8.93. The topological polar surface area (TPSA) is 23.8 Å². The fourth-order valence-corrected chi connectivity index (χ4v) is 4.85. The zero-order chi connectivity index (χ0) is 21.7. The molecule has 0 unspecified atom stereocenters. The van der Waals surface area contributed by atoms with E-state index in [1.807, 2.05) is 24.3 Å². The maximum absolute atomic E-state index is 8.93. The molecule has 0 heterocycles. The largest absolute Gasteiger partial charge is 0.192 e. The summed E-state index contributed by atoms with van der Waals surface area (Å²) in [7, 11) is 0. The van der Waals surface area contributed by atoms with Crippen molar-refractivity contribution >= 4 is 0 Å². The summed E-state index contributed by atoms with van der Waals surface area (Å²) < 4.78 is 0. The lowest BCUT2D eigenvalue weighted by atomic mass is 9.79. The van der Waals surface area contributed by atoms with Gasteiger partial charge in [-0.1, -0.05) is 94.0 Å². The Balaban J connectivity index is 1.33. The molecular weight excluding hydrogens is 374 g/mol. The monoisotopic (exact) mass is 413 g/mol. The summed E-state index contributed by atoms with van der Waals surface area (Å²) in [6.45, 7) is 2.30. The molecule has 164 valence electrons. The Morgan fingerprint density at radius 3 is 2.13 bits per heavy atom. The molecule has 0 aliphatic heterocycles. The van der Waals surface area contributed by atoms with Crippen molar-refractivity contribution in [2.75, 3.05) is 0 Å². The number of hydrogen-bond donors (Lipinski definition) is 0. The number of nitrogens with zero attached hydrogens (tertiary/aromatic N) is 1. The van der Waals surface area contributed by atoms with Gasteiger partial charge in [-0.2, -0.15) is 5.26 Å². The first-order valence-electron chi connectivity index (χ1n) is 12.5. The van der Waals surface area contributed by atoms with Crippen molar-refractivity contribution in [2.45, 2.75) is 84.0 Å². The second-order valence-electron chi connectivity index (χ2n) is 9.34. The molecule has 1 aliphatic rings. The Hall–Kier alpha value is -2.33. The first kappa shape index (κ1) is 23.3. The molecule has 31 heavy (non-hydrogen) atoms. The van der Waals surface area contributed by atoms with Crippen LogP contribution in [0.2, 0.25) is 0 Å². The number of nitriles is 1. The molecule has 0 spiro atoms. The van der Waals surface area contributed by atoms with E-state index in [0.29, 0.717) is 5.56 Å². The van der Waals surface area contributed by atoms with Crippen LogP contribution in [0.3, 0.4) is 0 Å². The smallest absolute Gasteiger partial charge is 0.0991 e. The molecule has 2 aromatic carbocycles. The van der Waals surface area contributed by atoms with Crippen LogP contribution in [0.15, 0.2) is 60.7 Å². The number of allylic oxidation sites excluding steroid dienone is 2. The van der Waals surface area contributed by atoms with Gasteiger partial charge in [0.05, 0.1) is 11.6 Å². The maximum Gasteiger partial charge on any atom is 0.0991 e. The van der Waals surface area contributed by atoms with E-state index in [1.54, 1.807) is 0 Å². The molecule has 1 heteroatoms. The first-order valence-corrected chi connectivity index (χ1v) is 12.5. The van der Waals surface area contributed by atoms with Crippen LogP contribution in [-0.4, -0.2) is 0 Å². The standard InChI is InChI=1S/C30H39N/c1-2-3-4-5-6-9-25-12-14-26(15-13-25)10-7-8-11-27-16-20-29(21-17-27)30-22-18-28(24-31)19-23-30/h7,10,16-23,25-26H,2-6,8-9,11-15H2,1H3/b10-7+/t25-,26-. The number of rotatable bonds is 11. The highest BCUT2D eigenvalue weighted by Gasteiger charge is 2.18. The van der Waals surface area contributed by atoms with Gasteiger partial charge in [0.2, 0.25) is 0 Å². The SMILES string of the molecule is CCCCCCC[C@H]1CC[C@H](/C=C/CCc2ccc(-c3ccc(C#N)cc3)cc2)CC1. The van der Waals surface area contributed by atoms with Gasteiger partial charge in [-0.25, -0.2) is 0 Å². The molecular formula is C30H39N. The van der Waals surface area contributed by atoms with Gasteiger partial charge >= 0.3 is 0 Å². The summed E-state index contributed by atoms with van der Waals surface area (Å²) in [5.41, 5.74) is 4.49. The molecule has 0 atom stereocenters. The van der Waals surface area contributed by atoms with Crippen LogP contribution in [0.25, 0.3) is 11.1 Å². The molecule has 0 aromatic heterocycles. The summed E-state index contributed by atoms with van der Waals surface area (Å²) in [6, 6.07) is 18.9. The van der Waals surface area contributed by atoms with Gasteiger partial charge in [-0.05, 0) is 79.2 Å². The number of aryl methyl sites for hydroxylation is 1. The van der Waals surface area contributed by atoms with Crippen LogP contribution >= 0.6 is 0 Å². The summed E-state index contributed by atoms with van der Waals surface area (Å²) in [4.78, 5) is 0. The van der Waals surface area contributed by atoms with E-state index in [0.717, 1.165) is 24.7 Å². The zero-order valence-electron chi connectivity index (χ0n) is 19.4. The van der Waals surface area contributed by atoms with E-state index >= 15 is 0 Å². The van der Waals surface area contributed by atoms with E-state index in [2.05, 4.69) is 49.4 Å². The minimum absolute atomic E-state index is 0.711. The van der Waals surface area contributed by atoms with Gasteiger partial charge in [0.25, 0.3) is 0 Å². The molecule has 0 amide bonds. The van der Waals surface area contributed by atoms with Gasteiger partial charge in [0, 0.05) is 0 Å². The van der Waals surface area contributed by atoms with Crippen molar-refractivity contribution in [3.63, 3.8) is 0 Å². The average molecular weight is 414 g/mol. The summed E-state index contributed by atoms with van der Waals surface area (Å²) in [5.74, 6) is 1.82. The molecule has 1 fully saturated rings. The Morgan fingerprint density at radius 1 is 0.839 bits per heavy atom. The van der Waals surface area contributed by atoms with Gasteiger partial charge < -0.3 is 0 Å². The molecule has 1 nitrogen and oxygen atoms in total. The van der Waals surface area contributed by atoms with Gasteiger partial charge in [-0.15, -0.1) is 0 Å². The molecule has 0 N–H and O–H groups in total. The van der Waals surface area contributed by atoms with E-state index in [4.69, 9.17) is 5.26 Å². The lowest BCUT2D eigenvalue weighted by Gasteiger charge is -2.26. The van der Waals surface area contributed by atoms with Crippen LogP contribution in [0, 0.1) is 23.2 Å². The average Bonchev–Trinajstić information content (AvgIpc) is 2.83. The lowest BCUT2D eigenvalue weighted by molar-refractivity contribution is 0.288. The van der Waals surface area contributed by atoms with Crippen molar-refractivity contribution in [3.05, 3.63) is 71.8 Å². The van der Waals surface area contributed by atoms with E-state index in [1.165, 1.54) is 80.9 Å². The maximum atomic E-state index is 8.93. The van der Waals surface area contributed by atoms with Crippen LogP contribution in [0.5, 0.6) is 0 Å². The fourth-order valence-electron chi connectivity index (χ4n) is 4.85. The summed E-state index contributed by atoms with van der Waals surface area (Å²) in [6.07, 6.45) is 21.4. The Morgan fingerprint density at radius 2 is 1.48 bits per heavy atom. The highest BCUT2D eigenvalue weighted by molar-refractivity contribution is 5.64. The molecule has 2 aromatic rings. The van der Waals surface area contributed by atoms with Crippen LogP contribution < -0.4 is 0 Å². The van der Waals surface area contributed by atoms with Crippen LogP contribution in [0.1, 0.15) is 88.7 Å². The van der Waals surface area contributed by atoms with Crippen molar-refractivity contribution in [2.24, 2.45) is 11.8 Å². The minimum Gasteiger partial charge on any atom is -0.192 e. The molecule has 3 rings (SSSR count). The first-order chi connectivity index (χ1) is 15.3. The second kappa shape index (κ2) is 13.2. The minimum atomic E-state index is 0.711. The third-order valence-corrected chi connectivity index (χ3v) is 6.92. The third kappa shape index (κ3) is 8.02. The number of unbranched alkanes of at least 4 members (excludes halogenated alkanes) is 4. The van der Waals surface area contributed by atoms with Crippen molar-refractivity contribution in [1.82, 2.24) is 0 Å². The zero-order valence-corrected chi connectivity index (χ0v) is 19.4. The van der Waals surface area contributed by atoms with Gasteiger partial charge in [0.15, 0.2) is 0 Å². The van der Waals surface area contributed by atoms with Gasteiger partial charge in [0.1, 0.15) is 0 Å². The lowest BCUT2D eigenvalue weighted by Crippen LogP contribution is -2.13. The third-order valence-electron chi connectivity index (χ3n) is 6.92. The Kier molecular flexibility index (Phi) is 9.91. The fraction of sp³-hybridized carbons (Fsp3) is 0.500. The quantitative estimate of drug-likeness (QED) is 0.266. The van der Waals surface area contributed by atoms with E-state index in [-0.39, 0.29) is 0 Å². The number of hydrogen-bond acceptors (Lipinski definition) is 1. The van der Waals surface area contributed by atoms with Crippen LogP contribution in [0.4, 0.5) is 0 Å². The normalized spacial score (nSPS) is 18.8. The highest BCUT2D eigenvalue weighted by Crippen LogP contribution is 2.33. The molecule has 1 aliphatic carbocycles. The molecule has 1 saturated carbocycles. The van der Waals surface area contributed by atoms with Crippen LogP contribution in [-0.2, 0) is 6.42 Å². The molecule has 0 bridgehead atoms. The highest BCUT2D eigenvalue weighted by atomic mass is 14.2. The Labute approximate surface area is 190 Å². The second-order valence-corrected chi connectivity index (χ2v) is 9.34. The van der Waals surface area contributed by atoms with Crippen molar-refractivity contribution < 1.29 is 0 Å². The van der Waals surface area contributed by atoms with Gasteiger partial charge in [-0.3, -0.25) is 0 Å². The predicted molar refractivity (Wildman–Crippen MR) is 133 cm³/mol. The molecule has 0 radical (unpaired) electrons. The Bertz CT molecular complexity index is 814. The van der Waals surface area contributed by atoms with E-state index < -0.39 is 0 Å². The predicted octanol–water partition coefficient (Wildman–Crippen LogP) is 8.88. The van der Waals surface area contributed by atoms with Crippen molar-refractivity contribution in [3.8, 4) is 17.2 Å². The molecule has 0 saturated heterocycles. The number of benzene rings is 2. The van der Waals surface area contributed by atoms with E-state index in [9.17, 15) is 0 Å². The van der Waals surface area contributed by atoms with Crippen molar-refractivity contribution in [1.29, 1.82) is 5.26 Å². The summed E-state index contributed by atoms with van der Waals surface area (Å²) >= 11 is 0.